The Morgan fingerprint density at radius 3 is 2.44 bits per heavy atom. The fraction of sp³-hybridized carbons (Fsp3) is 1.00. The highest BCUT2D eigenvalue weighted by molar-refractivity contribution is 5.09. The molecule has 6 atom stereocenters. The van der Waals surface area contributed by atoms with Crippen molar-refractivity contribution in [2.24, 2.45) is 35.0 Å². The zero-order valence-electron chi connectivity index (χ0n) is 12.0. The van der Waals surface area contributed by atoms with Gasteiger partial charge in [-0.2, -0.15) is 0 Å². The van der Waals surface area contributed by atoms with E-state index in [2.05, 4.69) is 12.2 Å². The van der Waals surface area contributed by atoms with Gasteiger partial charge in [0.2, 0.25) is 0 Å². The zero-order valence-corrected chi connectivity index (χ0v) is 12.0. The van der Waals surface area contributed by atoms with E-state index in [0.29, 0.717) is 0 Å². The summed E-state index contributed by atoms with van der Waals surface area (Å²) in [6, 6.07) is 0. The topological polar surface area (TPSA) is 12.0 Å². The predicted molar refractivity (Wildman–Crippen MR) is 75.4 cm³/mol. The van der Waals surface area contributed by atoms with Crippen LogP contribution in [0.1, 0.15) is 58.3 Å². The van der Waals surface area contributed by atoms with Gasteiger partial charge in [-0.3, -0.25) is 0 Å². The summed E-state index contributed by atoms with van der Waals surface area (Å²) >= 11 is 0. The van der Waals surface area contributed by atoms with E-state index in [-0.39, 0.29) is 0 Å². The molecule has 0 radical (unpaired) electrons. The van der Waals surface area contributed by atoms with Crippen LogP contribution in [0.2, 0.25) is 0 Å². The van der Waals surface area contributed by atoms with Gasteiger partial charge in [0.05, 0.1) is 0 Å². The second-order valence-electron chi connectivity index (χ2n) is 7.87. The molecule has 102 valence electrons. The van der Waals surface area contributed by atoms with Gasteiger partial charge in [-0.15, -0.1) is 0 Å². The van der Waals surface area contributed by atoms with E-state index in [9.17, 15) is 0 Å². The fourth-order valence-corrected chi connectivity index (χ4v) is 6.59. The van der Waals surface area contributed by atoms with Crippen molar-refractivity contribution in [1.29, 1.82) is 0 Å². The van der Waals surface area contributed by atoms with Crippen molar-refractivity contribution in [3.05, 3.63) is 0 Å². The van der Waals surface area contributed by atoms with Crippen LogP contribution in [-0.4, -0.2) is 13.1 Å². The van der Waals surface area contributed by atoms with Crippen LogP contribution in [-0.2, 0) is 0 Å². The van der Waals surface area contributed by atoms with Crippen LogP contribution in [0.4, 0.5) is 0 Å². The van der Waals surface area contributed by atoms with Crippen LogP contribution in [0.25, 0.3) is 0 Å². The summed E-state index contributed by atoms with van der Waals surface area (Å²) in [7, 11) is 0. The van der Waals surface area contributed by atoms with Gasteiger partial charge >= 0.3 is 0 Å². The van der Waals surface area contributed by atoms with Crippen LogP contribution in [0.3, 0.4) is 0 Å². The molecular formula is C17H29N. The third-order valence-corrected chi connectivity index (χ3v) is 7.20. The first kappa shape index (κ1) is 11.8. The Bertz CT molecular complexity index is 326. The van der Waals surface area contributed by atoms with Gasteiger partial charge in [-0.05, 0) is 80.1 Å². The molecule has 0 amide bonds. The van der Waals surface area contributed by atoms with Crippen LogP contribution in [0.15, 0.2) is 0 Å². The van der Waals surface area contributed by atoms with Crippen LogP contribution in [0.5, 0.6) is 0 Å². The van der Waals surface area contributed by atoms with E-state index in [4.69, 9.17) is 0 Å². The summed E-state index contributed by atoms with van der Waals surface area (Å²) < 4.78 is 0. The maximum absolute atomic E-state index is 3.75. The lowest BCUT2D eigenvalue weighted by Gasteiger charge is -2.46. The minimum atomic E-state index is 0.735. The molecule has 0 aromatic heterocycles. The van der Waals surface area contributed by atoms with Crippen molar-refractivity contribution in [3.8, 4) is 0 Å². The van der Waals surface area contributed by atoms with Gasteiger partial charge in [0, 0.05) is 6.54 Å². The molecule has 4 fully saturated rings. The van der Waals surface area contributed by atoms with Gasteiger partial charge in [-0.1, -0.05) is 19.8 Å². The molecular weight excluding hydrogens is 218 g/mol. The average molecular weight is 247 g/mol. The highest BCUT2D eigenvalue weighted by Gasteiger charge is 2.58. The maximum Gasteiger partial charge on any atom is 0.00132 e. The Labute approximate surface area is 112 Å². The third kappa shape index (κ3) is 1.55. The molecule has 0 saturated heterocycles. The standard InChI is InChI=1S/C17H29N/c1-2-18-11-17(10-13-4-6-15(17)8-13)16-9-12-3-5-14(16)7-12/h12-16,18H,2-11H2,1H3. The molecule has 0 aliphatic heterocycles. The first-order valence-corrected chi connectivity index (χ1v) is 8.52. The highest BCUT2D eigenvalue weighted by Crippen LogP contribution is 2.66. The Morgan fingerprint density at radius 2 is 1.89 bits per heavy atom. The van der Waals surface area contributed by atoms with Crippen molar-refractivity contribution in [2.75, 3.05) is 13.1 Å². The molecule has 0 aromatic carbocycles. The first-order chi connectivity index (χ1) is 8.82. The first-order valence-electron chi connectivity index (χ1n) is 8.52. The monoisotopic (exact) mass is 247 g/mol. The van der Waals surface area contributed by atoms with E-state index in [0.717, 1.165) is 35.0 Å². The van der Waals surface area contributed by atoms with Gasteiger partial charge < -0.3 is 5.32 Å². The molecule has 0 aromatic rings. The van der Waals surface area contributed by atoms with E-state index in [1.807, 2.05) is 0 Å². The summed E-state index contributed by atoms with van der Waals surface area (Å²) in [6.07, 6.45) is 12.6. The van der Waals surface area contributed by atoms with Gasteiger partial charge in [0.15, 0.2) is 0 Å². The summed E-state index contributed by atoms with van der Waals surface area (Å²) in [6.45, 7) is 4.79. The molecule has 4 rings (SSSR count). The molecule has 1 nitrogen and oxygen atoms in total. The Morgan fingerprint density at radius 1 is 1.00 bits per heavy atom. The summed E-state index contributed by atoms with van der Waals surface area (Å²) in [5, 5.41) is 3.75. The Balaban J connectivity index is 1.59. The number of rotatable bonds is 4. The Kier molecular flexibility index (Phi) is 2.76. The van der Waals surface area contributed by atoms with E-state index >= 15 is 0 Å². The molecule has 18 heavy (non-hydrogen) atoms. The molecule has 4 saturated carbocycles. The molecule has 4 aliphatic rings. The van der Waals surface area contributed by atoms with Crippen molar-refractivity contribution in [1.82, 2.24) is 5.32 Å². The minimum Gasteiger partial charge on any atom is -0.316 e. The minimum absolute atomic E-state index is 0.735. The smallest absolute Gasteiger partial charge is 0.00132 e. The average Bonchev–Trinajstić information content (AvgIpc) is 3.14. The quantitative estimate of drug-likeness (QED) is 0.796. The molecule has 1 N–H and O–H groups in total. The van der Waals surface area contributed by atoms with E-state index < -0.39 is 0 Å². The molecule has 4 aliphatic carbocycles. The molecule has 0 heterocycles. The van der Waals surface area contributed by atoms with Crippen LogP contribution >= 0.6 is 0 Å². The second kappa shape index (κ2) is 4.23. The Hall–Kier alpha value is -0.0400. The SMILES string of the molecule is CCNCC1(C2CC3CCC2C3)CC2CCC1C2. The number of hydrogen-bond acceptors (Lipinski definition) is 1. The fourth-order valence-electron chi connectivity index (χ4n) is 6.59. The molecule has 0 spiro atoms. The second-order valence-corrected chi connectivity index (χ2v) is 7.87. The summed E-state index contributed by atoms with van der Waals surface area (Å²) in [5.41, 5.74) is 0.735. The van der Waals surface area contributed by atoms with E-state index in [1.54, 1.807) is 51.4 Å². The molecule has 4 bridgehead atoms. The van der Waals surface area contributed by atoms with Crippen LogP contribution in [0, 0.1) is 35.0 Å². The lowest BCUT2D eigenvalue weighted by molar-refractivity contribution is 0.0373. The van der Waals surface area contributed by atoms with Crippen molar-refractivity contribution < 1.29 is 0 Å². The van der Waals surface area contributed by atoms with Gasteiger partial charge in [0.25, 0.3) is 0 Å². The van der Waals surface area contributed by atoms with Crippen molar-refractivity contribution in [2.45, 2.75) is 58.3 Å². The summed E-state index contributed by atoms with van der Waals surface area (Å²) in [4.78, 5) is 0. The van der Waals surface area contributed by atoms with Gasteiger partial charge in [-0.25, -0.2) is 0 Å². The summed E-state index contributed by atoms with van der Waals surface area (Å²) in [5.74, 6) is 5.54. The van der Waals surface area contributed by atoms with Crippen molar-refractivity contribution >= 4 is 0 Å². The van der Waals surface area contributed by atoms with E-state index in [1.165, 1.54) is 13.1 Å². The number of nitrogens with one attached hydrogen (secondary N) is 1. The normalized spacial score (nSPS) is 53.5. The molecule has 1 heteroatoms. The number of hydrogen-bond donors (Lipinski definition) is 1. The lowest BCUT2D eigenvalue weighted by Crippen LogP contribution is -2.46. The van der Waals surface area contributed by atoms with Crippen LogP contribution < -0.4 is 5.32 Å². The maximum atomic E-state index is 3.75. The van der Waals surface area contributed by atoms with Crippen molar-refractivity contribution in [3.63, 3.8) is 0 Å². The molecule has 6 unspecified atom stereocenters. The zero-order chi connectivity index (χ0) is 12.2. The number of fused-ring (bicyclic) bond motifs is 4. The third-order valence-electron chi connectivity index (χ3n) is 7.20. The lowest BCUT2D eigenvalue weighted by atomic mass is 9.60. The predicted octanol–water partition coefficient (Wildman–Crippen LogP) is 3.84. The van der Waals surface area contributed by atoms with Gasteiger partial charge in [0.1, 0.15) is 0 Å². The highest BCUT2D eigenvalue weighted by atomic mass is 14.9. The largest absolute Gasteiger partial charge is 0.316 e.